The Kier molecular flexibility index (Phi) is 7.01. The van der Waals surface area contributed by atoms with Crippen molar-refractivity contribution in [2.45, 2.75) is 57.1 Å². The SMILES string of the molecule is C[C@@H](NS(=O)(=O)N1C[C@H](CCCB(O)O)[C@](N)(C(=O)O)C1)C(C)(C)N. The summed E-state index contributed by atoms with van der Waals surface area (Å²) in [5.41, 5.74) is 9.36. The van der Waals surface area contributed by atoms with Crippen molar-refractivity contribution in [3.63, 3.8) is 0 Å². The fraction of sp³-hybridized carbons (Fsp3) is 0.923. The molecule has 12 heteroatoms. The van der Waals surface area contributed by atoms with Crippen molar-refractivity contribution in [1.82, 2.24) is 9.03 Å². The molecule has 1 rings (SSSR count). The predicted octanol–water partition coefficient (Wildman–Crippen LogP) is -2.09. The van der Waals surface area contributed by atoms with Crippen molar-refractivity contribution in [3.8, 4) is 0 Å². The van der Waals surface area contributed by atoms with E-state index in [9.17, 15) is 18.3 Å². The van der Waals surface area contributed by atoms with Crippen LogP contribution in [-0.2, 0) is 15.0 Å². The molecule has 0 aromatic carbocycles. The fourth-order valence-corrected chi connectivity index (χ4v) is 4.32. The van der Waals surface area contributed by atoms with E-state index in [1.165, 1.54) is 0 Å². The number of nitrogens with two attached hydrogens (primary N) is 2. The number of carboxylic acids is 1. The van der Waals surface area contributed by atoms with Crippen LogP contribution in [0.3, 0.4) is 0 Å². The van der Waals surface area contributed by atoms with Gasteiger partial charge in [-0.15, -0.1) is 0 Å². The zero-order valence-electron chi connectivity index (χ0n) is 14.8. The van der Waals surface area contributed by atoms with Gasteiger partial charge in [0.15, 0.2) is 0 Å². The van der Waals surface area contributed by atoms with Crippen molar-refractivity contribution in [2.75, 3.05) is 13.1 Å². The normalized spacial score (nSPS) is 26.6. The number of nitrogens with zero attached hydrogens (tertiary/aromatic N) is 1. The Bertz CT molecular complexity index is 582. The summed E-state index contributed by atoms with van der Waals surface area (Å²) in [7, 11) is -5.45. The van der Waals surface area contributed by atoms with E-state index in [2.05, 4.69) is 4.72 Å². The molecule has 3 atom stereocenters. The highest BCUT2D eigenvalue weighted by Crippen LogP contribution is 2.32. The minimum Gasteiger partial charge on any atom is -0.480 e. The Hall–Kier alpha value is -0.755. The second-order valence-corrected chi connectivity index (χ2v) is 9.11. The molecular formula is C13H29BN4O6S. The molecule has 1 saturated heterocycles. The summed E-state index contributed by atoms with van der Waals surface area (Å²) < 4.78 is 28.6. The van der Waals surface area contributed by atoms with E-state index in [4.69, 9.17) is 21.5 Å². The Morgan fingerprint density at radius 3 is 2.48 bits per heavy atom. The highest BCUT2D eigenvalue weighted by molar-refractivity contribution is 7.87. The molecule has 0 radical (unpaired) electrons. The van der Waals surface area contributed by atoms with Crippen LogP contribution in [0, 0.1) is 5.92 Å². The monoisotopic (exact) mass is 380 g/mol. The molecule has 0 aromatic rings. The Morgan fingerprint density at radius 2 is 2.04 bits per heavy atom. The summed E-state index contributed by atoms with van der Waals surface area (Å²) in [4.78, 5) is 11.6. The van der Waals surface area contributed by atoms with E-state index < -0.39 is 46.3 Å². The van der Waals surface area contributed by atoms with Crippen LogP contribution in [0.1, 0.15) is 33.6 Å². The minimum atomic E-state index is -3.96. The van der Waals surface area contributed by atoms with Crippen LogP contribution in [0.15, 0.2) is 0 Å². The summed E-state index contributed by atoms with van der Waals surface area (Å²) in [5.74, 6) is -1.92. The molecule has 10 nitrogen and oxygen atoms in total. The highest BCUT2D eigenvalue weighted by atomic mass is 32.2. The molecule has 0 unspecified atom stereocenters. The average Bonchev–Trinajstić information content (AvgIpc) is 2.76. The standard InChI is InChI=1S/C13H29BN4O6S/c1-9(12(2,3)15)17-25(23,24)18-7-10(5-4-6-14(21)22)13(16,8-18)11(19)20/h9-10,17,21-22H,4-8,15-16H2,1-3H3,(H,19,20)/t9-,10+,13+/m1/s1. The lowest BCUT2D eigenvalue weighted by atomic mass is 9.78. The first-order chi connectivity index (χ1) is 11.2. The van der Waals surface area contributed by atoms with Gasteiger partial charge >= 0.3 is 13.1 Å². The maximum atomic E-state index is 12.6. The maximum Gasteiger partial charge on any atom is 0.451 e. The van der Waals surface area contributed by atoms with Gasteiger partial charge in [-0.05, 0) is 33.5 Å². The first-order valence-electron chi connectivity index (χ1n) is 8.15. The molecule has 25 heavy (non-hydrogen) atoms. The molecule has 146 valence electrons. The van der Waals surface area contributed by atoms with Gasteiger partial charge in [-0.2, -0.15) is 17.4 Å². The van der Waals surface area contributed by atoms with E-state index in [1.54, 1.807) is 20.8 Å². The Labute approximate surface area is 148 Å². The number of hydrogen-bond donors (Lipinski definition) is 6. The van der Waals surface area contributed by atoms with Gasteiger partial charge in [0.1, 0.15) is 5.54 Å². The second kappa shape index (κ2) is 7.86. The Morgan fingerprint density at radius 1 is 1.48 bits per heavy atom. The summed E-state index contributed by atoms with van der Waals surface area (Å²) in [5, 5.41) is 27.3. The molecule has 8 N–H and O–H groups in total. The number of nitrogens with one attached hydrogen (secondary N) is 1. The van der Waals surface area contributed by atoms with Crippen LogP contribution < -0.4 is 16.2 Å². The number of rotatable bonds is 9. The summed E-state index contributed by atoms with van der Waals surface area (Å²) >= 11 is 0. The molecular weight excluding hydrogens is 351 g/mol. The lowest BCUT2D eigenvalue weighted by molar-refractivity contribution is -0.144. The smallest absolute Gasteiger partial charge is 0.451 e. The van der Waals surface area contributed by atoms with Crippen LogP contribution in [0.4, 0.5) is 0 Å². The molecule has 0 aliphatic carbocycles. The number of aliphatic carboxylic acids is 1. The highest BCUT2D eigenvalue weighted by Gasteiger charge is 2.52. The predicted molar refractivity (Wildman–Crippen MR) is 93.6 cm³/mol. The van der Waals surface area contributed by atoms with Crippen molar-refractivity contribution in [2.24, 2.45) is 17.4 Å². The van der Waals surface area contributed by atoms with E-state index in [1.807, 2.05) is 0 Å². The zero-order valence-corrected chi connectivity index (χ0v) is 15.7. The van der Waals surface area contributed by atoms with Gasteiger partial charge in [0.05, 0.1) is 0 Å². The molecule has 1 heterocycles. The quantitative estimate of drug-likeness (QED) is 0.246. The Balaban J connectivity index is 2.91. The molecule has 1 aliphatic rings. The summed E-state index contributed by atoms with van der Waals surface area (Å²) in [6.07, 6.45) is 0.655. The first-order valence-corrected chi connectivity index (χ1v) is 9.59. The first kappa shape index (κ1) is 22.3. The van der Waals surface area contributed by atoms with Gasteiger partial charge in [0.2, 0.25) is 0 Å². The van der Waals surface area contributed by atoms with Crippen LogP contribution >= 0.6 is 0 Å². The molecule has 1 aliphatic heterocycles. The third-order valence-corrected chi connectivity index (χ3v) is 6.39. The van der Waals surface area contributed by atoms with Gasteiger partial charge in [0, 0.05) is 30.6 Å². The summed E-state index contributed by atoms with van der Waals surface area (Å²) in [6, 6.07) is -0.571. The average molecular weight is 380 g/mol. The molecule has 0 amide bonds. The van der Waals surface area contributed by atoms with Crippen molar-refractivity contribution < 1.29 is 28.4 Å². The molecule has 0 bridgehead atoms. The zero-order chi connectivity index (χ0) is 19.6. The third-order valence-electron chi connectivity index (χ3n) is 4.79. The van der Waals surface area contributed by atoms with E-state index in [0.717, 1.165) is 4.31 Å². The van der Waals surface area contributed by atoms with Gasteiger partial charge in [-0.1, -0.05) is 6.42 Å². The minimum absolute atomic E-state index is 0.0582. The lowest BCUT2D eigenvalue weighted by Crippen LogP contribution is -2.57. The van der Waals surface area contributed by atoms with Gasteiger partial charge in [-0.3, -0.25) is 4.79 Å². The molecule has 0 aromatic heterocycles. The fourth-order valence-electron chi connectivity index (χ4n) is 2.67. The van der Waals surface area contributed by atoms with Crippen molar-refractivity contribution >= 4 is 23.3 Å². The number of hydrogen-bond acceptors (Lipinski definition) is 7. The maximum absolute atomic E-state index is 12.6. The van der Waals surface area contributed by atoms with E-state index in [-0.39, 0.29) is 25.8 Å². The molecule has 1 fully saturated rings. The number of carbonyl (C=O) groups is 1. The molecule has 0 saturated carbocycles. The largest absolute Gasteiger partial charge is 0.480 e. The van der Waals surface area contributed by atoms with Gasteiger partial charge in [0.25, 0.3) is 10.2 Å². The second-order valence-electron chi connectivity index (χ2n) is 7.41. The van der Waals surface area contributed by atoms with Crippen LogP contribution in [0.5, 0.6) is 0 Å². The van der Waals surface area contributed by atoms with Crippen molar-refractivity contribution in [3.05, 3.63) is 0 Å². The third kappa shape index (κ3) is 5.61. The van der Waals surface area contributed by atoms with Crippen LogP contribution in [0.2, 0.25) is 6.32 Å². The van der Waals surface area contributed by atoms with Crippen molar-refractivity contribution in [1.29, 1.82) is 0 Å². The molecule has 0 spiro atoms. The topological polar surface area (TPSA) is 179 Å². The van der Waals surface area contributed by atoms with E-state index in [0.29, 0.717) is 6.42 Å². The van der Waals surface area contributed by atoms with E-state index >= 15 is 0 Å². The van der Waals surface area contributed by atoms with Crippen LogP contribution in [-0.4, -0.2) is 71.2 Å². The van der Waals surface area contributed by atoms with Gasteiger partial charge in [-0.25, -0.2) is 0 Å². The summed E-state index contributed by atoms with van der Waals surface area (Å²) in [6.45, 7) is 4.56. The number of carboxylic acid groups (broad SMARTS) is 1. The van der Waals surface area contributed by atoms with Crippen LogP contribution in [0.25, 0.3) is 0 Å². The van der Waals surface area contributed by atoms with Gasteiger partial charge < -0.3 is 26.6 Å². The lowest BCUT2D eigenvalue weighted by Gasteiger charge is -2.30.